The van der Waals surface area contributed by atoms with E-state index in [4.69, 9.17) is 4.74 Å². The van der Waals surface area contributed by atoms with Crippen LogP contribution in [0.1, 0.15) is 15.4 Å². The van der Waals surface area contributed by atoms with E-state index < -0.39 is 0 Å². The second-order valence-electron chi connectivity index (χ2n) is 3.27. The van der Waals surface area contributed by atoms with E-state index >= 15 is 0 Å². The van der Waals surface area contributed by atoms with Gasteiger partial charge in [0.15, 0.2) is 0 Å². The van der Waals surface area contributed by atoms with Crippen molar-refractivity contribution >= 4 is 17.2 Å². The molecule has 16 heavy (non-hydrogen) atoms. The Labute approximate surface area is 99.2 Å². The van der Waals surface area contributed by atoms with Gasteiger partial charge in [-0.1, -0.05) is 0 Å². The first-order valence-electron chi connectivity index (χ1n) is 5.13. The monoisotopic (exact) mass is 243 g/mol. The van der Waals surface area contributed by atoms with E-state index in [1.54, 1.807) is 12.6 Å². The number of aryl methyl sites for hydroxylation is 1. The maximum atomic E-state index is 11.6. The Morgan fingerprint density at radius 2 is 2.31 bits per heavy atom. The zero-order valence-corrected chi connectivity index (χ0v) is 10.4. The van der Waals surface area contributed by atoms with Crippen LogP contribution in [0.25, 0.3) is 0 Å². The lowest BCUT2D eigenvalue weighted by atomic mass is 10.4. The number of nitrogens with zero attached hydrogens (tertiary/aromatic N) is 1. The SMILES string of the molecule is COCCNCCNC(=O)c1scnc1C. The van der Waals surface area contributed by atoms with Crippen LogP contribution in [0, 0.1) is 6.92 Å². The zero-order chi connectivity index (χ0) is 11.8. The van der Waals surface area contributed by atoms with Gasteiger partial charge in [0.25, 0.3) is 5.91 Å². The molecule has 0 atom stereocenters. The van der Waals surface area contributed by atoms with Crippen molar-refractivity contribution in [3.63, 3.8) is 0 Å². The quantitative estimate of drug-likeness (QED) is 0.681. The number of amides is 1. The minimum Gasteiger partial charge on any atom is -0.383 e. The van der Waals surface area contributed by atoms with Crippen LogP contribution >= 0.6 is 11.3 Å². The molecule has 0 saturated heterocycles. The summed E-state index contributed by atoms with van der Waals surface area (Å²) in [5.41, 5.74) is 2.47. The molecule has 5 nitrogen and oxygen atoms in total. The van der Waals surface area contributed by atoms with E-state index in [0.29, 0.717) is 18.0 Å². The summed E-state index contributed by atoms with van der Waals surface area (Å²) >= 11 is 1.37. The molecule has 0 aliphatic heterocycles. The zero-order valence-electron chi connectivity index (χ0n) is 9.58. The number of thiazole rings is 1. The third-order valence-corrected chi connectivity index (χ3v) is 2.95. The van der Waals surface area contributed by atoms with Crippen LogP contribution in [-0.4, -0.2) is 44.2 Å². The Morgan fingerprint density at radius 1 is 1.50 bits per heavy atom. The van der Waals surface area contributed by atoms with Gasteiger partial charge in [0.05, 0.1) is 17.8 Å². The summed E-state index contributed by atoms with van der Waals surface area (Å²) in [6.45, 7) is 4.67. The van der Waals surface area contributed by atoms with Gasteiger partial charge in [-0.05, 0) is 6.92 Å². The maximum Gasteiger partial charge on any atom is 0.263 e. The normalized spacial score (nSPS) is 10.4. The number of methoxy groups -OCH3 is 1. The van der Waals surface area contributed by atoms with Gasteiger partial charge < -0.3 is 15.4 Å². The number of carbonyl (C=O) groups is 1. The molecule has 0 saturated carbocycles. The standard InChI is InChI=1S/C10H17N3O2S/c1-8-9(16-7-13-8)10(14)12-4-3-11-5-6-15-2/h7,11H,3-6H2,1-2H3,(H,12,14). The topological polar surface area (TPSA) is 63.2 Å². The fourth-order valence-electron chi connectivity index (χ4n) is 1.16. The third-order valence-electron chi connectivity index (χ3n) is 2.02. The Hall–Kier alpha value is -0.980. The lowest BCUT2D eigenvalue weighted by Gasteiger charge is -2.05. The van der Waals surface area contributed by atoms with Gasteiger partial charge in [-0.3, -0.25) is 4.79 Å². The molecular weight excluding hydrogens is 226 g/mol. The molecule has 0 fully saturated rings. The molecule has 0 unspecified atom stereocenters. The van der Waals surface area contributed by atoms with Crippen LogP contribution in [0.5, 0.6) is 0 Å². The summed E-state index contributed by atoms with van der Waals surface area (Å²) < 4.78 is 4.89. The Balaban J connectivity index is 2.14. The van der Waals surface area contributed by atoms with E-state index in [0.717, 1.165) is 18.8 Å². The minimum atomic E-state index is -0.0476. The van der Waals surface area contributed by atoms with Gasteiger partial charge in [0.1, 0.15) is 4.88 Å². The second-order valence-corrected chi connectivity index (χ2v) is 4.12. The molecule has 6 heteroatoms. The van der Waals surface area contributed by atoms with E-state index in [2.05, 4.69) is 15.6 Å². The maximum absolute atomic E-state index is 11.6. The minimum absolute atomic E-state index is 0.0476. The third kappa shape index (κ3) is 4.26. The first-order chi connectivity index (χ1) is 7.75. The molecule has 0 aromatic carbocycles. The average molecular weight is 243 g/mol. The first-order valence-corrected chi connectivity index (χ1v) is 6.01. The lowest BCUT2D eigenvalue weighted by Crippen LogP contribution is -2.33. The number of carbonyl (C=O) groups excluding carboxylic acids is 1. The summed E-state index contributed by atoms with van der Waals surface area (Å²) in [5.74, 6) is -0.0476. The van der Waals surface area contributed by atoms with Crippen molar-refractivity contribution in [1.29, 1.82) is 0 Å². The fourth-order valence-corrected chi connectivity index (χ4v) is 1.88. The van der Waals surface area contributed by atoms with Crippen molar-refractivity contribution in [2.75, 3.05) is 33.4 Å². The van der Waals surface area contributed by atoms with Gasteiger partial charge in [0, 0.05) is 26.7 Å². The largest absolute Gasteiger partial charge is 0.383 e. The summed E-state index contributed by atoms with van der Waals surface area (Å²) in [6.07, 6.45) is 0. The van der Waals surface area contributed by atoms with E-state index in [1.807, 2.05) is 6.92 Å². The van der Waals surface area contributed by atoms with Gasteiger partial charge in [-0.25, -0.2) is 4.98 Å². The summed E-state index contributed by atoms with van der Waals surface area (Å²) in [5, 5.41) is 5.98. The molecule has 0 bridgehead atoms. The van der Waals surface area contributed by atoms with E-state index in [1.165, 1.54) is 11.3 Å². The van der Waals surface area contributed by atoms with Crippen LogP contribution in [0.15, 0.2) is 5.51 Å². The van der Waals surface area contributed by atoms with Crippen LogP contribution < -0.4 is 10.6 Å². The van der Waals surface area contributed by atoms with E-state index in [9.17, 15) is 4.79 Å². The van der Waals surface area contributed by atoms with Crippen LogP contribution in [0.2, 0.25) is 0 Å². The molecule has 0 aliphatic carbocycles. The number of nitrogens with one attached hydrogen (secondary N) is 2. The second kappa shape index (κ2) is 7.32. The summed E-state index contributed by atoms with van der Waals surface area (Å²) in [7, 11) is 1.66. The average Bonchev–Trinajstić information content (AvgIpc) is 2.69. The van der Waals surface area contributed by atoms with Crippen molar-refractivity contribution in [3.05, 3.63) is 16.1 Å². The highest BCUT2D eigenvalue weighted by Gasteiger charge is 2.10. The van der Waals surface area contributed by atoms with Crippen molar-refractivity contribution in [3.8, 4) is 0 Å². The number of ether oxygens (including phenoxy) is 1. The molecule has 0 aliphatic rings. The van der Waals surface area contributed by atoms with Gasteiger partial charge in [0.2, 0.25) is 0 Å². The smallest absolute Gasteiger partial charge is 0.263 e. The highest BCUT2D eigenvalue weighted by molar-refractivity contribution is 7.11. The predicted molar refractivity (Wildman–Crippen MR) is 63.9 cm³/mol. The number of aromatic nitrogens is 1. The molecule has 1 rings (SSSR count). The van der Waals surface area contributed by atoms with Crippen molar-refractivity contribution in [2.24, 2.45) is 0 Å². The molecule has 0 radical (unpaired) electrons. The molecule has 1 aromatic heterocycles. The van der Waals surface area contributed by atoms with E-state index in [-0.39, 0.29) is 5.91 Å². The Bertz CT molecular complexity index is 328. The number of hydrogen-bond donors (Lipinski definition) is 2. The molecule has 1 amide bonds. The number of rotatable bonds is 7. The lowest BCUT2D eigenvalue weighted by molar-refractivity contribution is 0.0957. The van der Waals surface area contributed by atoms with Gasteiger partial charge >= 0.3 is 0 Å². The highest BCUT2D eigenvalue weighted by atomic mass is 32.1. The fraction of sp³-hybridized carbons (Fsp3) is 0.600. The van der Waals surface area contributed by atoms with Crippen molar-refractivity contribution < 1.29 is 9.53 Å². The van der Waals surface area contributed by atoms with Gasteiger partial charge in [-0.2, -0.15) is 0 Å². The highest BCUT2D eigenvalue weighted by Crippen LogP contribution is 2.10. The molecule has 1 heterocycles. The van der Waals surface area contributed by atoms with Crippen molar-refractivity contribution in [1.82, 2.24) is 15.6 Å². The Kier molecular flexibility index (Phi) is 5.99. The molecule has 90 valence electrons. The summed E-state index contributed by atoms with van der Waals surface area (Å²) in [4.78, 5) is 16.3. The summed E-state index contributed by atoms with van der Waals surface area (Å²) in [6, 6.07) is 0. The molecule has 2 N–H and O–H groups in total. The Morgan fingerprint density at radius 3 is 2.94 bits per heavy atom. The molecule has 1 aromatic rings. The number of hydrogen-bond acceptors (Lipinski definition) is 5. The van der Waals surface area contributed by atoms with Crippen LogP contribution in [0.4, 0.5) is 0 Å². The molecular formula is C10H17N3O2S. The van der Waals surface area contributed by atoms with Crippen LogP contribution in [0.3, 0.4) is 0 Å². The van der Waals surface area contributed by atoms with Crippen molar-refractivity contribution in [2.45, 2.75) is 6.92 Å². The predicted octanol–water partition coefficient (Wildman–Crippen LogP) is 0.417. The van der Waals surface area contributed by atoms with Gasteiger partial charge in [-0.15, -0.1) is 11.3 Å². The molecule has 0 spiro atoms. The first kappa shape index (κ1) is 13.1. The van der Waals surface area contributed by atoms with Crippen LogP contribution in [-0.2, 0) is 4.74 Å².